The Morgan fingerprint density at radius 2 is 1.65 bits per heavy atom. The molecule has 0 aliphatic heterocycles. The molecule has 3 aromatic carbocycles. The summed E-state index contributed by atoms with van der Waals surface area (Å²) in [7, 11) is 0. The highest BCUT2D eigenvalue weighted by Gasteiger charge is 2.21. The molecule has 0 aliphatic rings. The van der Waals surface area contributed by atoms with Gasteiger partial charge in [0.25, 0.3) is 5.91 Å². The Morgan fingerprint density at radius 3 is 2.42 bits per heavy atom. The van der Waals surface area contributed by atoms with Gasteiger partial charge in [-0.2, -0.15) is 5.10 Å². The minimum atomic E-state index is -0.303. The minimum Gasteiger partial charge on any atom is -0.342 e. The predicted molar refractivity (Wildman–Crippen MR) is 120 cm³/mol. The Balaban J connectivity index is 1.42. The fraction of sp³-hybridized carbons (Fsp3) is 0.0800. The maximum Gasteiger partial charge on any atom is 0.255 e. The maximum absolute atomic E-state index is 13.1. The molecule has 0 unspecified atom stereocenters. The van der Waals surface area contributed by atoms with Crippen LogP contribution in [-0.4, -0.2) is 25.7 Å². The zero-order chi connectivity index (χ0) is 21.0. The van der Waals surface area contributed by atoms with E-state index in [2.05, 4.69) is 27.5 Å². The van der Waals surface area contributed by atoms with E-state index in [9.17, 15) is 4.79 Å². The van der Waals surface area contributed by atoms with Gasteiger partial charge in [-0.3, -0.25) is 4.79 Å². The molecule has 1 atom stereocenters. The van der Waals surface area contributed by atoms with E-state index < -0.39 is 0 Å². The number of aromatic nitrogens is 4. The maximum atomic E-state index is 13.1. The number of rotatable bonds is 6. The molecule has 31 heavy (non-hydrogen) atoms. The molecule has 5 aromatic rings. The van der Waals surface area contributed by atoms with Crippen LogP contribution in [0.3, 0.4) is 0 Å². The van der Waals surface area contributed by atoms with E-state index >= 15 is 0 Å². The van der Waals surface area contributed by atoms with Crippen LogP contribution in [-0.2, 0) is 6.42 Å². The molecule has 0 saturated heterocycles. The number of nitrogens with zero attached hydrogens (tertiary/aromatic N) is 3. The summed E-state index contributed by atoms with van der Waals surface area (Å²) in [5.74, 6) is 0.539. The second-order valence-electron chi connectivity index (χ2n) is 7.36. The molecule has 0 radical (unpaired) electrons. The summed E-state index contributed by atoms with van der Waals surface area (Å²) in [6, 6.07) is 27.4. The van der Waals surface area contributed by atoms with Gasteiger partial charge in [0.15, 0.2) is 0 Å². The summed E-state index contributed by atoms with van der Waals surface area (Å²) in [6.07, 6.45) is 3.95. The van der Waals surface area contributed by atoms with Crippen molar-refractivity contribution in [2.24, 2.45) is 0 Å². The first-order chi connectivity index (χ1) is 15.3. The van der Waals surface area contributed by atoms with Gasteiger partial charge < -0.3 is 10.3 Å². The van der Waals surface area contributed by atoms with Crippen molar-refractivity contribution in [2.45, 2.75) is 12.5 Å². The van der Waals surface area contributed by atoms with Crippen molar-refractivity contribution < 1.29 is 4.79 Å². The number of nitrogens with one attached hydrogen (secondary N) is 2. The predicted octanol–water partition coefficient (Wildman–Crippen LogP) is 4.46. The first kappa shape index (κ1) is 18.8. The molecule has 0 fully saturated rings. The fourth-order valence-electron chi connectivity index (χ4n) is 3.61. The molecule has 152 valence electrons. The van der Waals surface area contributed by atoms with E-state index in [1.165, 1.54) is 0 Å². The summed E-state index contributed by atoms with van der Waals surface area (Å²) in [5.41, 5.74) is 4.34. The summed E-state index contributed by atoms with van der Waals surface area (Å²) < 4.78 is 1.70. The third-order valence-electron chi connectivity index (χ3n) is 5.19. The van der Waals surface area contributed by atoms with Crippen LogP contribution in [0.15, 0.2) is 97.3 Å². The Hall–Kier alpha value is -4.19. The average Bonchev–Trinajstić information content (AvgIpc) is 3.48. The van der Waals surface area contributed by atoms with Crippen LogP contribution in [0.25, 0.3) is 16.7 Å². The molecule has 0 spiro atoms. The molecular weight excluding hydrogens is 386 g/mol. The SMILES string of the molecule is O=C(N[C@@H](Cc1ccccc1)c1nc2ccccc2[nH]1)c1cnn(-c2ccccc2)c1. The Morgan fingerprint density at radius 1 is 0.935 bits per heavy atom. The number of H-pyrrole nitrogens is 1. The third kappa shape index (κ3) is 4.09. The molecule has 2 heterocycles. The van der Waals surface area contributed by atoms with Gasteiger partial charge in [0.1, 0.15) is 5.82 Å². The molecular formula is C25H21N5O. The van der Waals surface area contributed by atoms with Gasteiger partial charge in [-0.15, -0.1) is 0 Å². The number of imidazole rings is 1. The molecule has 5 rings (SSSR count). The molecule has 0 saturated carbocycles. The number of carbonyl (C=O) groups excluding carboxylic acids is 1. The molecule has 6 heteroatoms. The number of para-hydroxylation sites is 3. The highest BCUT2D eigenvalue weighted by Crippen LogP contribution is 2.20. The molecule has 1 amide bonds. The third-order valence-corrected chi connectivity index (χ3v) is 5.19. The second-order valence-corrected chi connectivity index (χ2v) is 7.36. The minimum absolute atomic E-state index is 0.191. The van der Waals surface area contributed by atoms with Crippen molar-refractivity contribution in [3.63, 3.8) is 0 Å². The summed E-state index contributed by atoms with van der Waals surface area (Å²) in [5, 5.41) is 7.48. The number of carbonyl (C=O) groups is 1. The van der Waals surface area contributed by atoms with Crippen molar-refractivity contribution in [1.29, 1.82) is 0 Å². The van der Waals surface area contributed by atoms with Gasteiger partial charge in [0.2, 0.25) is 0 Å². The monoisotopic (exact) mass is 407 g/mol. The lowest BCUT2D eigenvalue weighted by molar-refractivity contribution is 0.0935. The van der Waals surface area contributed by atoms with Gasteiger partial charge in [-0.25, -0.2) is 9.67 Å². The summed E-state index contributed by atoms with van der Waals surface area (Å²) >= 11 is 0. The molecule has 2 N–H and O–H groups in total. The van der Waals surface area contributed by atoms with Crippen LogP contribution in [0, 0.1) is 0 Å². The van der Waals surface area contributed by atoms with Gasteiger partial charge in [0, 0.05) is 6.20 Å². The van der Waals surface area contributed by atoms with Gasteiger partial charge >= 0.3 is 0 Å². The Bertz CT molecular complexity index is 1270. The standard InChI is InChI=1S/C25H21N5O/c31-25(19-16-26-30(17-19)20-11-5-2-6-12-20)29-23(15-18-9-3-1-4-10-18)24-27-21-13-7-8-14-22(21)28-24/h1-14,16-17,23H,15H2,(H,27,28)(H,29,31)/t23-/m0/s1. The molecule has 2 aromatic heterocycles. The van der Waals surface area contributed by atoms with Crippen molar-refractivity contribution in [3.8, 4) is 5.69 Å². The largest absolute Gasteiger partial charge is 0.342 e. The fourth-order valence-corrected chi connectivity index (χ4v) is 3.61. The lowest BCUT2D eigenvalue weighted by Crippen LogP contribution is -2.30. The number of amides is 1. The van der Waals surface area contributed by atoms with E-state index in [4.69, 9.17) is 4.98 Å². The van der Waals surface area contributed by atoms with E-state index in [1.54, 1.807) is 17.1 Å². The smallest absolute Gasteiger partial charge is 0.255 e. The van der Waals surface area contributed by atoms with Crippen molar-refractivity contribution >= 4 is 16.9 Å². The van der Waals surface area contributed by atoms with E-state index in [1.807, 2.05) is 72.8 Å². The van der Waals surface area contributed by atoms with E-state index in [0.717, 1.165) is 28.1 Å². The van der Waals surface area contributed by atoms with Crippen LogP contribution >= 0.6 is 0 Å². The quantitative estimate of drug-likeness (QED) is 0.436. The number of hydrogen-bond donors (Lipinski definition) is 2. The molecule has 6 nitrogen and oxygen atoms in total. The van der Waals surface area contributed by atoms with Gasteiger partial charge in [-0.1, -0.05) is 60.7 Å². The Kier molecular flexibility index (Phi) is 5.02. The van der Waals surface area contributed by atoms with Gasteiger partial charge in [0.05, 0.1) is 34.5 Å². The van der Waals surface area contributed by atoms with E-state index in [-0.39, 0.29) is 11.9 Å². The average molecular weight is 407 g/mol. The zero-order valence-electron chi connectivity index (χ0n) is 16.8. The van der Waals surface area contributed by atoms with Gasteiger partial charge in [-0.05, 0) is 36.2 Å². The first-order valence-corrected chi connectivity index (χ1v) is 10.2. The second kappa shape index (κ2) is 8.28. The van der Waals surface area contributed by atoms with Crippen molar-refractivity contribution in [2.75, 3.05) is 0 Å². The van der Waals surface area contributed by atoms with Crippen LogP contribution in [0.1, 0.15) is 27.8 Å². The number of aromatic amines is 1. The van der Waals surface area contributed by atoms with E-state index in [0.29, 0.717) is 12.0 Å². The van der Waals surface area contributed by atoms with Crippen molar-refractivity contribution in [3.05, 3.63) is 114 Å². The van der Waals surface area contributed by atoms with Crippen LogP contribution in [0.5, 0.6) is 0 Å². The molecule has 0 aliphatic carbocycles. The molecule has 0 bridgehead atoms. The first-order valence-electron chi connectivity index (χ1n) is 10.2. The lowest BCUT2D eigenvalue weighted by Gasteiger charge is -2.16. The lowest BCUT2D eigenvalue weighted by atomic mass is 10.1. The Labute approximate surface area is 179 Å². The normalized spacial score (nSPS) is 12.0. The zero-order valence-corrected chi connectivity index (χ0v) is 16.8. The number of hydrogen-bond acceptors (Lipinski definition) is 3. The van der Waals surface area contributed by atoms with Crippen LogP contribution in [0.4, 0.5) is 0 Å². The van der Waals surface area contributed by atoms with Crippen LogP contribution < -0.4 is 5.32 Å². The summed E-state index contributed by atoms with van der Waals surface area (Å²) in [6.45, 7) is 0. The van der Waals surface area contributed by atoms with Crippen molar-refractivity contribution in [1.82, 2.24) is 25.1 Å². The number of benzene rings is 3. The summed E-state index contributed by atoms with van der Waals surface area (Å²) in [4.78, 5) is 21.1. The van der Waals surface area contributed by atoms with Crippen LogP contribution in [0.2, 0.25) is 0 Å². The number of fused-ring (bicyclic) bond motifs is 1. The highest BCUT2D eigenvalue weighted by atomic mass is 16.1. The highest BCUT2D eigenvalue weighted by molar-refractivity contribution is 5.94. The topological polar surface area (TPSA) is 75.6 Å².